The average Bonchev–Trinajstić information content (AvgIpc) is 2.62. The van der Waals surface area contributed by atoms with Crippen LogP contribution in [0.4, 0.5) is 0 Å². The first-order valence-electron chi connectivity index (χ1n) is 6.78. The number of halogens is 1. The van der Waals surface area contributed by atoms with E-state index in [1.807, 2.05) is 25.1 Å². The van der Waals surface area contributed by atoms with Crippen molar-refractivity contribution in [2.75, 3.05) is 19.6 Å². The number of aryl methyl sites for hydroxylation is 1. The summed E-state index contributed by atoms with van der Waals surface area (Å²) in [5, 5.41) is 10.5. The number of fused-ring (bicyclic) bond motifs is 1. The Bertz CT molecular complexity index is 522. The second-order valence-corrected chi connectivity index (χ2v) is 6.80. The molecule has 1 aromatic carbocycles. The third-order valence-corrected chi connectivity index (χ3v) is 5.35. The van der Waals surface area contributed by atoms with E-state index in [4.69, 9.17) is 21.1 Å². The van der Waals surface area contributed by atoms with E-state index in [0.717, 1.165) is 10.5 Å². The first-order chi connectivity index (χ1) is 10.0. The van der Waals surface area contributed by atoms with E-state index in [9.17, 15) is 9.90 Å². The van der Waals surface area contributed by atoms with Gasteiger partial charge in [0.05, 0.1) is 12.0 Å². The summed E-state index contributed by atoms with van der Waals surface area (Å²) >= 11 is 7.08. The number of hydrogen-bond acceptors (Lipinski definition) is 5. The SMILES string of the molecule is COC(=O)[C@]1(CCCCl)Sc2cc(C)ccc2OC[C@@H]1O. The van der Waals surface area contributed by atoms with Crippen LogP contribution in [-0.4, -0.2) is 41.5 Å². The van der Waals surface area contributed by atoms with Gasteiger partial charge in [0.2, 0.25) is 0 Å². The van der Waals surface area contributed by atoms with E-state index in [1.165, 1.54) is 18.9 Å². The molecule has 0 aliphatic carbocycles. The maximum atomic E-state index is 12.4. The predicted molar refractivity (Wildman–Crippen MR) is 83.2 cm³/mol. The second-order valence-electron chi connectivity index (χ2n) is 5.05. The average molecular weight is 331 g/mol. The summed E-state index contributed by atoms with van der Waals surface area (Å²) in [6.45, 7) is 2.03. The lowest BCUT2D eigenvalue weighted by atomic mass is 9.96. The summed E-state index contributed by atoms with van der Waals surface area (Å²) < 4.78 is 9.50. The van der Waals surface area contributed by atoms with Gasteiger partial charge in [-0.25, -0.2) is 0 Å². The lowest BCUT2D eigenvalue weighted by Gasteiger charge is -2.32. The van der Waals surface area contributed by atoms with E-state index < -0.39 is 16.8 Å². The van der Waals surface area contributed by atoms with E-state index in [2.05, 4.69) is 0 Å². The Hall–Kier alpha value is -0.910. The van der Waals surface area contributed by atoms with Crippen LogP contribution in [-0.2, 0) is 9.53 Å². The minimum atomic E-state index is -1.08. The molecule has 1 aliphatic heterocycles. The zero-order chi connectivity index (χ0) is 15.5. The summed E-state index contributed by atoms with van der Waals surface area (Å²) in [4.78, 5) is 13.2. The fourth-order valence-corrected chi connectivity index (χ4v) is 4.00. The number of carbonyl (C=O) groups excluding carboxylic acids is 1. The van der Waals surface area contributed by atoms with Crippen LogP contribution in [0.25, 0.3) is 0 Å². The van der Waals surface area contributed by atoms with Crippen LogP contribution < -0.4 is 4.74 Å². The molecule has 1 aliphatic rings. The van der Waals surface area contributed by atoms with Crippen LogP contribution in [0.2, 0.25) is 0 Å². The van der Waals surface area contributed by atoms with Gasteiger partial charge in [0, 0.05) is 5.88 Å². The van der Waals surface area contributed by atoms with Gasteiger partial charge in [0.15, 0.2) is 0 Å². The highest BCUT2D eigenvalue weighted by molar-refractivity contribution is 8.01. The van der Waals surface area contributed by atoms with Crippen molar-refractivity contribution in [3.63, 3.8) is 0 Å². The number of hydrogen-bond donors (Lipinski definition) is 1. The highest BCUT2D eigenvalue weighted by Gasteiger charge is 2.49. The van der Waals surface area contributed by atoms with Gasteiger partial charge in [-0.3, -0.25) is 4.79 Å². The summed E-state index contributed by atoms with van der Waals surface area (Å²) in [5.41, 5.74) is 1.07. The van der Waals surface area contributed by atoms with Crippen molar-refractivity contribution in [3.8, 4) is 5.75 Å². The molecule has 4 nitrogen and oxygen atoms in total. The van der Waals surface area contributed by atoms with Gasteiger partial charge < -0.3 is 14.6 Å². The summed E-state index contributed by atoms with van der Waals surface area (Å²) in [6.07, 6.45) is 0.0963. The number of esters is 1. The smallest absolute Gasteiger partial charge is 0.325 e. The van der Waals surface area contributed by atoms with Crippen LogP contribution in [0.1, 0.15) is 18.4 Å². The van der Waals surface area contributed by atoms with E-state index in [0.29, 0.717) is 24.5 Å². The van der Waals surface area contributed by atoms with Gasteiger partial charge in [-0.2, -0.15) is 0 Å². The largest absolute Gasteiger partial charge is 0.490 e. The van der Waals surface area contributed by atoms with Gasteiger partial charge in [-0.15, -0.1) is 23.4 Å². The van der Waals surface area contributed by atoms with Gasteiger partial charge >= 0.3 is 5.97 Å². The van der Waals surface area contributed by atoms with Gasteiger partial charge in [-0.05, 0) is 37.5 Å². The molecule has 0 saturated heterocycles. The zero-order valence-corrected chi connectivity index (χ0v) is 13.7. The molecule has 1 aromatic rings. The first-order valence-corrected chi connectivity index (χ1v) is 8.13. The van der Waals surface area contributed by atoms with E-state index in [-0.39, 0.29) is 6.61 Å². The topological polar surface area (TPSA) is 55.8 Å². The molecular weight excluding hydrogens is 312 g/mol. The molecule has 0 spiro atoms. The molecule has 6 heteroatoms. The van der Waals surface area contributed by atoms with Gasteiger partial charge in [0.25, 0.3) is 0 Å². The molecule has 21 heavy (non-hydrogen) atoms. The van der Waals surface area contributed by atoms with Crippen LogP contribution in [0.3, 0.4) is 0 Å². The zero-order valence-electron chi connectivity index (χ0n) is 12.1. The molecule has 116 valence electrons. The molecule has 0 radical (unpaired) electrons. The molecule has 1 N–H and O–H groups in total. The summed E-state index contributed by atoms with van der Waals surface area (Å²) in [5.74, 6) is 0.664. The number of aliphatic hydroxyl groups is 1. The molecule has 0 aromatic heterocycles. The number of ether oxygens (including phenoxy) is 2. The lowest BCUT2D eigenvalue weighted by molar-refractivity contribution is -0.147. The molecule has 0 fully saturated rings. The molecule has 0 amide bonds. The van der Waals surface area contributed by atoms with Crippen molar-refractivity contribution in [2.45, 2.75) is 35.5 Å². The third kappa shape index (κ3) is 3.30. The molecule has 0 saturated carbocycles. The monoisotopic (exact) mass is 330 g/mol. The van der Waals surface area contributed by atoms with Crippen molar-refractivity contribution in [1.82, 2.24) is 0 Å². The minimum Gasteiger partial charge on any atom is -0.490 e. The Kier molecular flexibility index (Phi) is 5.41. The molecule has 2 rings (SSSR count). The molecule has 0 bridgehead atoms. The number of rotatable bonds is 4. The normalized spacial score (nSPS) is 24.7. The van der Waals surface area contributed by atoms with Gasteiger partial charge in [-0.1, -0.05) is 6.07 Å². The predicted octanol–water partition coefficient (Wildman–Crippen LogP) is 2.77. The van der Waals surface area contributed by atoms with Crippen LogP contribution in [0.15, 0.2) is 23.1 Å². The Morgan fingerprint density at radius 2 is 2.38 bits per heavy atom. The lowest BCUT2D eigenvalue weighted by Crippen LogP contribution is -2.49. The van der Waals surface area contributed by atoms with Crippen molar-refractivity contribution < 1.29 is 19.4 Å². The highest BCUT2D eigenvalue weighted by Crippen LogP contribution is 2.46. The molecule has 0 unspecified atom stereocenters. The first kappa shape index (κ1) is 16.5. The van der Waals surface area contributed by atoms with Crippen molar-refractivity contribution in [3.05, 3.63) is 23.8 Å². The van der Waals surface area contributed by atoms with Gasteiger partial charge in [0.1, 0.15) is 23.2 Å². The number of carbonyl (C=O) groups is 1. The van der Waals surface area contributed by atoms with Crippen molar-refractivity contribution >= 4 is 29.3 Å². The number of alkyl halides is 1. The van der Waals surface area contributed by atoms with Crippen molar-refractivity contribution in [1.29, 1.82) is 0 Å². The van der Waals surface area contributed by atoms with Crippen molar-refractivity contribution in [2.24, 2.45) is 0 Å². The highest BCUT2D eigenvalue weighted by atomic mass is 35.5. The van der Waals surface area contributed by atoms with Crippen LogP contribution in [0.5, 0.6) is 5.75 Å². The summed E-state index contributed by atoms with van der Waals surface area (Å²) in [7, 11) is 1.33. The maximum Gasteiger partial charge on any atom is 0.325 e. The fourth-order valence-electron chi connectivity index (χ4n) is 2.38. The molecule has 2 atom stereocenters. The third-order valence-electron chi connectivity index (χ3n) is 3.54. The Balaban J connectivity index is 2.44. The quantitative estimate of drug-likeness (QED) is 0.679. The Labute approximate surface area is 133 Å². The van der Waals surface area contributed by atoms with Crippen LogP contribution >= 0.6 is 23.4 Å². The fraction of sp³-hybridized carbons (Fsp3) is 0.533. The minimum absolute atomic E-state index is 0.0560. The second kappa shape index (κ2) is 6.90. The Morgan fingerprint density at radius 3 is 3.05 bits per heavy atom. The number of benzene rings is 1. The maximum absolute atomic E-state index is 12.4. The van der Waals surface area contributed by atoms with Crippen LogP contribution in [0, 0.1) is 6.92 Å². The number of methoxy groups -OCH3 is 1. The number of aliphatic hydroxyl groups excluding tert-OH is 1. The molecule has 1 heterocycles. The number of thioether (sulfide) groups is 1. The Morgan fingerprint density at radius 1 is 1.62 bits per heavy atom. The standard InChI is InChI=1S/C15H19ClO4S/c1-10-4-5-11-12(8-10)21-15(6-3-7-16,14(18)19-2)13(17)9-20-11/h4-5,8,13,17H,3,6-7,9H2,1-2H3/t13-,15+/m0/s1. The van der Waals surface area contributed by atoms with E-state index >= 15 is 0 Å². The summed E-state index contributed by atoms with van der Waals surface area (Å²) in [6, 6.07) is 5.76. The van der Waals surface area contributed by atoms with E-state index in [1.54, 1.807) is 0 Å². The molecular formula is C15H19ClO4S.